The minimum atomic E-state index is -0.182. The van der Waals surface area contributed by atoms with Crippen molar-refractivity contribution in [1.82, 2.24) is 5.43 Å². The molecule has 1 heterocycles. The van der Waals surface area contributed by atoms with E-state index in [1.807, 2.05) is 31.2 Å². The molecule has 1 aliphatic rings. The minimum absolute atomic E-state index is 0.0548. The zero-order valence-electron chi connectivity index (χ0n) is 8.65. The Morgan fingerprint density at radius 2 is 2.00 bits per heavy atom. The van der Waals surface area contributed by atoms with Crippen molar-refractivity contribution < 1.29 is 9.53 Å². The van der Waals surface area contributed by atoms with Crippen LogP contribution in [0.3, 0.4) is 0 Å². The lowest BCUT2D eigenvalue weighted by atomic mass is 9.99. The van der Waals surface area contributed by atoms with E-state index in [9.17, 15) is 4.79 Å². The summed E-state index contributed by atoms with van der Waals surface area (Å²) in [6, 6.07) is 7.50. The number of carbonyl (C=O) groups excluding carboxylic acids is 1. The van der Waals surface area contributed by atoms with Gasteiger partial charge in [-0.1, -0.05) is 0 Å². The largest absolute Gasteiger partial charge is 0.497 e. The fourth-order valence-electron chi connectivity index (χ4n) is 1.51. The van der Waals surface area contributed by atoms with E-state index in [1.165, 1.54) is 0 Å². The molecule has 1 N–H and O–H groups in total. The zero-order valence-corrected chi connectivity index (χ0v) is 8.65. The summed E-state index contributed by atoms with van der Waals surface area (Å²) in [6.07, 6.45) is 0. The van der Waals surface area contributed by atoms with Gasteiger partial charge in [0.1, 0.15) is 5.75 Å². The molecule has 1 amide bonds. The Morgan fingerprint density at radius 3 is 2.47 bits per heavy atom. The molecule has 15 heavy (non-hydrogen) atoms. The van der Waals surface area contributed by atoms with Crippen LogP contribution in [-0.2, 0) is 4.79 Å². The third kappa shape index (κ3) is 1.70. The second-order valence-corrected chi connectivity index (χ2v) is 3.42. The van der Waals surface area contributed by atoms with Crippen LogP contribution < -0.4 is 10.2 Å². The highest BCUT2D eigenvalue weighted by atomic mass is 16.5. The predicted octanol–water partition coefficient (Wildman–Crippen LogP) is 1.17. The van der Waals surface area contributed by atoms with E-state index in [1.54, 1.807) is 7.11 Å². The fraction of sp³-hybridized carbons (Fsp3) is 0.273. The Kier molecular flexibility index (Phi) is 2.41. The molecule has 78 valence electrons. The molecule has 1 unspecified atom stereocenters. The molecule has 1 aromatic carbocycles. The first-order valence-electron chi connectivity index (χ1n) is 4.74. The molecule has 0 aromatic heterocycles. The minimum Gasteiger partial charge on any atom is -0.497 e. The van der Waals surface area contributed by atoms with Gasteiger partial charge in [0.05, 0.1) is 18.7 Å². The molecule has 0 bridgehead atoms. The molecule has 2 rings (SSSR count). The summed E-state index contributed by atoms with van der Waals surface area (Å²) in [7, 11) is 1.62. The highest BCUT2D eigenvalue weighted by Gasteiger charge is 2.26. The summed E-state index contributed by atoms with van der Waals surface area (Å²) in [5.41, 5.74) is 4.19. The van der Waals surface area contributed by atoms with Crippen LogP contribution in [0.2, 0.25) is 0 Å². The van der Waals surface area contributed by atoms with Crippen LogP contribution >= 0.6 is 0 Å². The number of hydrogen-bond donors (Lipinski definition) is 1. The number of carbonyl (C=O) groups is 1. The van der Waals surface area contributed by atoms with E-state index >= 15 is 0 Å². The van der Waals surface area contributed by atoms with Crippen LogP contribution in [-0.4, -0.2) is 18.7 Å². The van der Waals surface area contributed by atoms with Crippen LogP contribution in [0.5, 0.6) is 5.75 Å². The monoisotopic (exact) mass is 204 g/mol. The molecule has 0 aliphatic carbocycles. The molecule has 4 nitrogen and oxygen atoms in total. The van der Waals surface area contributed by atoms with Crippen LogP contribution in [0.25, 0.3) is 0 Å². The maximum Gasteiger partial charge on any atom is 0.249 e. The van der Waals surface area contributed by atoms with Gasteiger partial charge in [-0.05, 0) is 36.8 Å². The number of amides is 1. The van der Waals surface area contributed by atoms with E-state index in [0.29, 0.717) is 0 Å². The topological polar surface area (TPSA) is 50.7 Å². The van der Waals surface area contributed by atoms with Gasteiger partial charge in [-0.2, -0.15) is 5.10 Å². The van der Waals surface area contributed by atoms with Crippen molar-refractivity contribution in [2.45, 2.75) is 6.92 Å². The second kappa shape index (κ2) is 3.73. The number of hydrazone groups is 1. The van der Waals surface area contributed by atoms with Gasteiger partial charge in [0.2, 0.25) is 5.91 Å². The average molecular weight is 204 g/mol. The maximum atomic E-state index is 11.2. The molecule has 0 radical (unpaired) electrons. The Morgan fingerprint density at radius 1 is 1.33 bits per heavy atom. The standard InChI is InChI=1S/C11H12N2O2/c1-7-10(12-13-11(7)14)8-3-5-9(15-2)6-4-8/h3-7H,1-2H3,(H,13,14). The number of rotatable bonds is 2. The number of methoxy groups -OCH3 is 1. The van der Waals surface area contributed by atoms with E-state index in [0.717, 1.165) is 17.0 Å². The third-order valence-electron chi connectivity index (χ3n) is 2.48. The Labute approximate surface area is 87.9 Å². The predicted molar refractivity (Wildman–Crippen MR) is 56.8 cm³/mol. The first kappa shape index (κ1) is 9.71. The molecule has 1 aromatic rings. The van der Waals surface area contributed by atoms with Crippen LogP contribution in [0, 0.1) is 5.92 Å². The van der Waals surface area contributed by atoms with Gasteiger partial charge < -0.3 is 4.74 Å². The summed E-state index contributed by atoms with van der Waals surface area (Å²) < 4.78 is 5.06. The molecule has 1 atom stereocenters. The first-order chi connectivity index (χ1) is 7.22. The summed E-state index contributed by atoms with van der Waals surface area (Å²) >= 11 is 0. The van der Waals surface area contributed by atoms with Crippen molar-refractivity contribution in [2.24, 2.45) is 11.0 Å². The number of hydrogen-bond acceptors (Lipinski definition) is 3. The summed E-state index contributed by atoms with van der Waals surface area (Å²) in [6.45, 7) is 1.84. The summed E-state index contributed by atoms with van der Waals surface area (Å²) in [4.78, 5) is 11.2. The lowest BCUT2D eigenvalue weighted by Crippen LogP contribution is -2.20. The summed E-state index contributed by atoms with van der Waals surface area (Å²) in [5.74, 6) is 0.559. The lowest BCUT2D eigenvalue weighted by Gasteiger charge is -2.05. The average Bonchev–Trinajstić information content (AvgIpc) is 2.60. The Bertz CT molecular complexity index is 409. The van der Waals surface area contributed by atoms with E-state index in [4.69, 9.17) is 4.74 Å². The highest BCUT2D eigenvalue weighted by Crippen LogP contribution is 2.17. The third-order valence-corrected chi connectivity index (χ3v) is 2.48. The molecule has 0 saturated carbocycles. The second-order valence-electron chi connectivity index (χ2n) is 3.42. The van der Waals surface area contributed by atoms with Gasteiger partial charge in [-0.25, -0.2) is 5.43 Å². The van der Waals surface area contributed by atoms with Crippen molar-refractivity contribution in [1.29, 1.82) is 0 Å². The molecular formula is C11H12N2O2. The maximum absolute atomic E-state index is 11.2. The van der Waals surface area contributed by atoms with Crippen molar-refractivity contribution in [3.63, 3.8) is 0 Å². The Balaban J connectivity index is 2.27. The van der Waals surface area contributed by atoms with Crippen molar-refractivity contribution >= 4 is 11.6 Å². The first-order valence-corrected chi connectivity index (χ1v) is 4.74. The molecule has 1 aliphatic heterocycles. The number of ether oxygens (including phenoxy) is 1. The van der Waals surface area contributed by atoms with Gasteiger partial charge in [-0.3, -0.25) is 4.79 Å². The van der Waals surface area contributed by atoms with Crippen molar-refractivity contribution in [3.8, 4) is 5.75 Å². The highest BCUT2D eigenvalue weighted by molar-refractivity contribution is 6.15. The van der Waals surface area contributed by atoms with Crippen LogP contribution in [0.4, 0.5) is 0 Å². The SMILES string of the molecule is COc1ccc(C2=NNC(=O)C2C)cc1. The van der Waals surface area contributed by atoms with E-state index in [2.05, 4.69) is 10.5 Å². The number of benzene rings is 1. The van der Waals surface area contributed by atoms with Crippen LogP contribution in [0.15, 0.2) is 29.4 Å². The van der Waals surface area contributed by atoms with Crippen molar-refractivity contribution in [2.75, 3.05) is 7.11 Å². The molecule has 4 heteroatoms. The quantitative estimate of drug-likeness (QED) is 0.786. The molecule has 0 saturated heterocycles. The number of nitrogens with one attached hydrogen (secondary N) is 1. The smallest absolute Gasteiger partial charge is 0.249 e. The van der Waals surface area contributed by atoms with Gasteiger partial charge in [-0.15, -0.1) is 0 Å². The van der Waals surface area contributed by atoms with Gasteiger partial charge >= 0.3 is 0 Å². The van der Waals surface area contributed by atoms with Gasteiger partial charge in [0.15, 0.2) is 0 Å². The van der Waals surface area contributed by atoms with E-state index < -0.39 is 0 Å². The molecule has 0 spiro atoms. The van der Waals surface area contributed by atoms with Crippen LogP contribution in [0.1, 0.15) is 12.5 Å². The normalized spacial score (nSPS) is 19.7. The van der Waals surface area contributed by atoms with E-state index in [-0.39, 0.29) is 11.8 Å². The zero-order chi connectivity index (χ0) is 10.8. The molecule has 0 fully saturated rings. The van der Waals surface area contributed by atoms with Gasteiger partial charge in [0.25, 0.3) is 0 Å². The lowest BCUT2D eigenvalue weighted by molar-refractivity contribution is -0.121. The fourth-order valence-corrected chi connectivity index (χ4v) is 1.51. The van der Waals surface area contributed by atoms with Crippen molar-refractivity contribution in [3.05, 3.63) is 29.8 Å². The van der Waals surface area contributed by atoms with Gasteiger partial charge in [0, 0.05) is 0 Å². The summed E-state index contributed by atoms with van der Waals surface area (Å²) in [5, 5.41) is 4.00. The number of nitrogens with zero attached hydrogens (tertiary/aromatic N) is 1. The molecular weight excluding hydrogens is 192 g/mol. The Hall–Kier alpha value is -1.84.